The van der Waals surface area contributed by atoms with Crippen LogP contribution in [0.15, 0.2) is 0 Å². The summed E-state index contributed by atoms with van der Waals surface area (Å²) in [5.74, 6) is 0.562. The maximum atomic E-state index is 9.85. The van der Waals surface area contributed by atoms with Gasteiger partial charge in [0.2, 0.25) is 0 Å². The first-order valence-corrected chi connectivity index (χ1v) is 3.48. The highest BCUT2D eigenvalue weighted by Gasteiger charge is 1.97. The quantitative estimate of drug-likeness (QED) is 0.319. The second-order valence-corrected chi connectivity index (χ2v) is 2.02. The SMILES string of the molecule is O=C[C@H](CS)NI. The van der Waals surface area contributed by atoms with Gasteiger partial charge in [-0.1, -0.05) is 0 Å². The van der Waals surface area contributed by atoms with E-state index in [0.29, 0.717) is 5.75 Å². The van der Waals surface area contributed by atoms with Crippen LogP contribution in [0.4, 0.5) is 0 Å². The first kappa shape index (κ1) is 7.71. The molecule has 0 radical (unpaired) electrons. The molecule has 0 aromatic rings. The number of hydrogen-bond acceptors (Lipinski definition) is 3. The van der Waals surface area contributed by atoms with Crippen LogP contribution < -0.4 is 3.53 Å². The highest BCUT2D eigenvalue weighted by molar-refractivity contribution is 14.1. The van der Waals surface area contributed by atoms with E-state index in [1.54, 1.807) is 0 Å². The molecule has 0 aliphatic carbocycles. The maximum absolute atomic E-state index is 9.85. The van der Waals surface area contributed by atoms with Crippen LogP contribution in [0.3, 0.4) is 0 Å². The molecule has 1 atom stereocenters. The summed E-state index contributed by atoms with van der Waals surface area (Å²) in [6.45, 7) is 0. The van der Waals surface area contributed by atoms with E-state index in [-0.39, 0.29) is 6.04 Å². The van der Waals surface area contributed by atoms with Crippen molar-refractivity contribution in [2.24, 2.45) is 0 Å². The standard InChI is InChI=1S/C3H6INOS/c4-5-3(1-6)2-7/h1,3,5,7H,2H2/t3-/m1/s1. The Bertz CT molecular complexity index is 56.9. The van der Waals surface area contributed by atoms with Gasteiger partial charge in [0.05, 0.1) is 6.04 Å². The van der Waals surface area contributed by atoms with Crippen LogP contribution >= 0.6 is 35.5 Å². The van der Waals surface area contributed by atoms with Gasteiger partial charge in [-0.05, 0) is 0 Å². The summed E-state index contributed by atoms with van der Waals surface area (Å²) in [6.07, 6.45) is 0.833. The van der Waals surface area contributed by atoms with Crippen molar-refractivity contribution in [3.05, 3.63) is 0 Å². The van der Waals surface area contributed by atoms with Gasteiger partial charge in [-0.2, -0.15) is 12.6 Å². The molecule has 0 bridgehead atoms. The zero-order chi connectivity index (χ0) is 5.70. The van der Waals surface area contributed by atoms with E-state index in [1.807, 2.05) is 22.9 Å². The Balaban J connectivity index is 3.16. The zero-order valence-corrected chi connectivity index (χ0v) is 6.65. The van der Waals surface area contributed by atoms with E-state index in [1.165, 1.54) is 0 Å². The Labute approximate surface area is 62.0 Å². The van der Waals surface area contributed by atoms with Gasteiger partial charge in [-0.25, -0.2) is 0 Å². The molecule has 0 saturated heterocycles. The number of carbonyl (C=O) groups excluding carboxylic acids is 1. The Morgan fingerprint density at radius 2 is 2.57 bits per heavy atom. The summed E-state index contributed by atoms with van der Waals surface area (Å²) in [7, 11) is 0. The molecule has 0 aliphatic rings. The monoisotopic (exact) mass is 231 g/mol. The summed E-state index contributed by atoms with van der Waals surface area (Å²) >= 11 is 5.80. The molecule has 7 heavy (non-hydrogen) atoms. The second-order valence-electron chi connectivity index (χ2n) is 1.03. The predicted octanol–water partition coefficient (Wildman–Crippen LogP) is 0.423. The number of aldehydes is 1. The molecule has 0 rings (SSSR count). The van der Waals surface area contributed by atoms with Crippen molar-refractivity contribution >= 4 is 41.8 Å². The summed E-state index contributed by atoms with van der Waals surface area (Å²) < 4.78 is 2.73. The van der Waals surface area contributed by atoms with Crippen LogP contribution in [0.1, 0.15) is 0 Å². The molecule has 0 amide bonds. The van der Waals surface area contributed by atoms with Crippen LogP contribution in [-0.4, -0.2) is 18.1 Å². The van der Waals surface area contributed by atoms with E-state index >= 15 is 0 Å². The van der Waals surface area contributed by atoms with E-state index < -0.39 is 0 Å². The number of rotatable bonds is 3. The molecule has 0 fully saturated rings. The summed E-state index contributed by atoms with van der Waals surface area (Å²) in [6, 6.07) is -0.0936. The van der Waals surface area contributed by atoms with Crippen LogP contribution in [0.25, 0.3) is 0 Å². The lowest BCUT2D eigenvalue weighted by Crippen LogP contribution is -2.22. The molecule has 42 valence electrons. The van der Waals surface area contributed by atoms with E-state index in [2.05, 4.69) is 16.2 Å². The highest BCUT2D eigenvalue weighted by Crippen LogP contribution is 1.84. The Morgan fingerprint density at radius 1 is 2.00 bits per heavy atom. The number of halogens is 1. The predicted molar refractivity (Wildman–Crippen MR) is 40.9 cm³/mol. The van der Waals surface area contributed by atoms with Crippen molar-refractivity contribution in [2.75, 3.05) is 5.75 Å². The fourth-order valence-corrected chi connectivity index (χ4v) is 0.996. The zero-order valence-electron chi connectivity index (χ0n) is 3.60. The van der Waals surface area contributed by atoms with Crippen LogP contribution in [0.5, 0.6) is 0 Å². The molecular weight excluding hydrogens is 225 g/mol. The first-order chi connectivity index (χ1) is 3.35. The van der Waals surface area contributed by atoms with Gasteiger partial charge in [0.1, 0.15) is 6.29 Å². The number of carbonyl (C=O) groups is 1. The number of nitrogens with one attached hydrogen (secondary N) is 1. The fraction of sp³-hybridized carbons (Fsp3) is 0.667. The molecule has 0 heterocycles. The molecule has 0 saturated carbocycles. The van der Waals surface area contributed by atoms with Gasteiger partial charge in [0.25, 0.3) is 0 Å². The molecule has 0 aromatic heterocycles. The highest BCUT2D eigenvalue weighted by atomic mass is 127. The minimum Gasteiger partial charge on any atom is -0.302 e. The lowest BCUT2D eigenvalue weighted by Gasteiger charge is -1.98. The van der Waals surface area contributed by atoms with Crippen molar-refractivity contribution < 1.29 is 4.79 Å². The van der Waals surface area contributed by atoms with E-state index in [0.717, 1.165) is 6.29 Å². The van der Waals surface area contributed by atoms with E-state index in [4.69, 9.17) is 0 Å². The van der Waals surface area contributed by atoms with Gasteiger partial charge in [-0.3, -0.25) is 3.53 Å². The fourth-order valence-electron chi connectivity index (χ4n) is 0.103. The topological polar surface area (TPSA) is 29.1 Å². The van der Waals surface area contributed by atoms with Gasteiger partial charge in [0.15, 0.2) is 0 Å². The second kappa shape index (κ2) is 4.86. The molecule has 0 unspecified atom stereocenters. The van der Waals surface area contributed by atoms with Gasteiger partial charge in [-0.15, -0.1) is 0 Å². The summed E-state index contributed by atoms with van der Waals surface area (Å²) in [5.41, 5.74) is 0. The molecule has 2 nitrogen and oxygen atoms in total. The Kier molecular flexibility index (Phi) is 5.35. The van der Waals surface area contributed by atoms with Gasteiger partial charge >= 0.3 is 0 Å². The normalized spacial score (nSPS) is 13.4. The van der Waals surface area contributed by atoms with Crippen molar-refractivity contribution in [3.63, 3.8) is 0 Å². The minimum atomic E-state index is -0.0936. The van der Waals surface area contributed by atoms with Crippen LogP contribution in [0.2, 0.25) is 0 Å². The lowest BCUT2D eigenvalue weighted by atomic mass is 10.4. The molecule has 1 N–H and O–H groups in total. The summed E-state index contributed by atoms with van der Waals surface area (Å²) in [5, 5.41) is 0. The largest absolute Gasteiger partial charge is 0.302 e. The van der Waals surface area contributed by atoms with Crippen LogP contribution in [-0.2, 0) is 4.79 Å². The van der Waals surface area contributed by atoms with Crippen molar-refractivity contribution in [1.82, 2.24) is 3.53 Å². The average molecular weight is 231 g/mol. The molecule has 0 spiro atoms. The van der Waals surface area contributed by atoms with Gasteiger partial charge < -0.3 is 4.79 Å². The molecular formula is C3H6INOS. The van der Waals surface area contributed by atoms with Crippen molar-refractivity contribution in [2.45, 2.75) is 6.04 Å². The van der Waals surface area contributed by atoms with E-state index in [9.17, 15) is 4.79 Å². The molecule has 0 aromatic carbocycles. The first-order valence-electron chi connectivity index (χ1n) is 1.77. The van der Waals surface area contributed by atoms with Crippen LogP contribution in [0, 0.1) is 0 Å². The lowest BCUT2D eigenvalue weighted by molar-refractivity contribution is -0.108. The third-order valence-electron chi connectivity index (χ3n) is 0.501. The third kappa shape index (κ3) is 3.31. The van der Waals surface area contributed by atoms with Crippen molar-refractivity contribution in [3.8, 4) is 0 Å². The van der Waals surface area contributed by atoms with Crippen molar-refractivity contribution in [1.29, 1.82) is 0 Å². The minimum absolute atomic E-state index is 0.0936. The molecule has 4 heteroatoms. The van der Waals surface area contributed by atoms with Gasteiger partial charge in [0, 0.05) is 28.6 Å². The maximum Gasteiger partial charge on any atom is 0.138 e. The molecule has 0 aliphatic heterocycles. The number of hydrogen-bond donors (Lipinski definition) is 2. The summed E-state index contributed by atoms with van der Waals surface area (Å²) in [4.78, 5) is 9.85. The smallest absolute Gasteiger partial charge is 0.138 e. The third-order valence-corrected chi connectivity index (χ3v) is 1.69. The Morgan fingerprint density at radius 3 is 2.57 bits per heavy atom. The number of thiol groups is 1. The average Bonchev–Trinajstić information content (AvgIpc) is 1.72. The Hall–Kier alpha value is 0.710.